The second-order valence-electron chi connectivity index (χ2n) is 4.69. The Labute approximate surface area is 102 Å². The van der Waals surface area contributed by atoms with Crippen LogP contribution in [0.4, 0.5) is 4.39 Å². The van der Waals surface area contributed by atoms with Gasteiger partial charge in [-0.25, -0.2) is 4.39 Å². The molecule has 17 heavy (non-hydrogen) atoms. The maximum absolute atomic E-state index is 13.5. The number of ether oxygens (including phenoxy) is 1. The van der Waals surface area contributed by atoms with Gasteiger partial charge in [-0.3, -0.25) is 0 Å². The minimum Gasteiger partial charge on any atom is -0.378 e. The summed E-state index contributed by atoms with van der Waals surface area (Å²) in [7, 11) is 0. The zero-order valence-electron chi connectivity index (χ0n) is 10.1. The standard InChI is InChI=1S/C14H20FNO/c15-13-8-2-1-7-12(13)14(16)9-3-5-11-6-4-10-17-11/h1-2,7-8,11,14H,3-6,9-10,16H2. The van der Waals surface area contributed by atoms with E-state index >= 15 is 0 Å². The van der Waals surface area contributed by atoms with Crippen molar-refractivity contribution in [3.05, 3.63) is 35.6 Å². The summed E-state index contributed by atoms with van der Waals surface area (Å²) < 4.78 is 19.0. The van der Waals surface area contributed by atoms with Gasteiger partial charge in [0.15, 0.2) is 0 Å². The van der Waals surface area contributed by atoms with E-state index in [1.54, 1.807) is 12.1 Å². The van der Waals surface area contributed by atoms with Crippen molar-refractivity contribution in [3.63, 3.8) is 0 Å². The lowest BCUT2D eigenvalue weighted by molar-refractivity contribution is 0.101. The molecule has 2 atom stereocenters. The molecule has 2 rings (SSSR count). The fourth-order valence-corrected chi connectivity index (χ4v) is 2.37. The van der Waals surface area contributed by atoms with Crippen LogP contribution in [0.15, 0.2) is 24.3 Å². The van der Waals surface area contributed by atoms with Crippen LogP contribution < -0.4 is 5.73 Å². The topological polar surface area (TPSA) is 35.2 Å². The van der Waals surface area contributed by atoms with E-state index in [1.165, 1.54) is 12.5 Å². The Morgan fingerprint density at radius 1 is 1.41 bits per heavy atom. The van der Waals surface area contributed by atoms with Gasteiger partial charge in [0, 0.05) is 18.2 Å². The molecular formula is C14H20FNO. The highest BCUT2D eigenvalue weighted by molar-refractivity contribution is 5.20. The van der Waals surface area contributed by atoms with Crippen molar-refractivity contribution in [1.82, 2.24) is 0 Å². The molecule has 0 radical (unpaired) electrons. The van der Waals surface area contributed by atoms with E-state index in [2.05, 4.69) is 0 Å². The number of rotatable bonds is 5. The lowest BCUT2D eigenvalue weighted by Crippen LogP contribution is -2.13. The van der Waals surface area contributed by atoms with Crippen LogP contribution in [0.5, 0.6) is 0 Å². The monoisotopic (exact) mass is 237 g/mol. The summed E-state index contributed by atoms with van der Waals surface area (Å²) in [6, 6.07) is 6.56. The fourth-order valence-electron chi connectivity index (χ4n) is 2.37. The molecule has 94 valence electrons. The van der Waals surface area contributed by atoms with Crippen LogP contribution in [0.25, 0.3) is 0 Å². The largest absolute Gasteiger partial charge is 0.378 e. The predicted molar refractivity (Wildman–Crippen MR) is 66.2 cm³/mol. The van der Waals surface area contributed by atoms with E-state index < -0.39 is 0 Å². The Hall–Kier alpha value is -0.930. The average Bonchev–Trinajstić information content (AvgIpc) is 2.82. The van der Waals surface area contributed by atoms with Crippen molar-refractivity contribution in [1.29, 1.82) is 0 Å². The number of nitrogens with two attached hydrogens (primary N) is 1. The first-order chi connectivity index (χ1) is 8.27. The van der Waals surface area contributed by atoms with Crippen LogP contribution in [-0.2, 0) is 4.74 Å². The van der Waals surface area contributed by atoms with Crippen molar-refractivity contribution in [2.75, 3.05) is 6.61 Å². The molecule has 1 aromatic rings. The third-order valence-corrected chi connectivity index (χ3v) is 3.37. The number of hydrogen-bond acceptors (Lipinski definition) is 2. The second kappa shape index (κ2) is 6.12. The van der Waals surface area contributed by atoms with Crippen molar-refractivity contribution in [3.8, 4) is 0 Å². The molecular weight excluding hydrogens is 217 g/mol. The van der Waals surface area contributed by atoms with E-state index in [1.807, 2.05) is 6.07 Å². The summed E-state index contributed by atoms with van der Waals surface area (Å²) in [6.45, 7) is 0.893. The molecule has 0 spiro atoms. The van der Waals surface area contributed by atoms with Gasteiger partial charge in [0.1, 0.15) is 5.82 Å². The molecule has 0 aliphatic carbocycles. The third kappa shape index (κ3) is 3.51. The Morgan fingerprint density at radius 2 is 2.24 bits per heavy atom. The van der Waals surface area contributed by atoms with Gasteiger partial charge in [-0.2, -0.15) is 0 Å². The lowest BCUT2D eigenvalue weighted by atomic mass is 9.99. The van der Waals surface area contributed by atoms with Gasteiger partial charge >= 0.3 is 0 Å². The summed E-state index contributed by atoms with van der Waals surface area (Å²) in [5.74, 6) is -0.197. The molecule has 1 aliphatic heterocycles. The average molecular weight is 237 g/mol. The lowest BCUT2D eigenvalue weighted by Gasteiger charge is -2.14. The summed E-state index contributed by atoms with van der Waals surface area (Å²) in [5.41, 5.74) is 6.62. The van der Waals surface area contributed by atoms with Gasteiger partial charge in [-0.05, 0) is 38.2 Å². The summed E-state index contributed by atoms with van der Waals surface area (Å²) in [6.07, 6.45) is 5.60. The van der Waals surface area contributed by atoms with Gasteiger partial charge in [-0.15, -0.1) is 0 Å². The van der Waals surface area contributed by atoms with Crippen LogP contribution in [0.1, 0.15) is 43.7 Å². The number of halogens is 1. The van der Waals surface area contributed by atoms with Crippen LogP contribution >= 0.6 is 0 Å². The van der Waals surface area contributed by atoms with E-state index in [0.29, 0.717) is 11.7 Å². The van der Waals surface area contributed by atoms with E-state index in [-0.39, 0.29) is 11.9 Å². The zero-order valence-corrected chi connectivity index (χ0v) is 10.1. The molecule has 3 heteroatoms. The van der Waals surface area contributed by atoms with E-state index in [9.17, 15) is 4.39 Å². The Kier molecular flexibility index (Phi) is 4.51. The van der Waals surface area contributed by atoms with Crippen molar-refractivity contribution in [2.24, 2.45) is 5.73 Å². The number of hydrogen-bond donors (Lipinski definition) is 1. The van der Waals surface area contributed by atoms with E-state index in [4.69, 9.17) is 10.5 Å². The predicted octanol–water partition coefficient (Wildman–Crippen LogP) is 3.17. The molecule has 0 aromatic heterocycles. The first-order valence-corrected chi connectivity index (χ1v) is 6.39. The molecule has 1 aliphatic rings. The van der Waals surface area contributed by atoms with Crippen LogP contribution in [0, 0.1) is 5.82 Å². The Morgan fingerprint density at radius 3 is 2.94 bits per heavy atom. The smallest absolute Gasteiger partial charge is 0.127 e. The summed E-state index contributed by atoms with van der Waals surface area (Å²) >= 11 is 0. The Balaban J connectivity index is 1.77. The minimum absolute atomic E-state index is 0.197. The van der Waals surface area contributed by atoms with E-state index in [0.717, 1.165) is 32.3 Å². The van der Waals surface area contributed by atoms with Gasteiger partial charge in [-0.1, -0.05) is 18.2 Å². The van der Waals surface area contributed by atoms with Crippen LogP contribution in [0.2, 0.25) is 0 Å². The fraction of sp³-hybridized carbons (Fsp3) is 0.571. The second-order valence-corrected chi connectivity index (χ2v) is 4.69. The molecule has 0 bridgehead atoms. The summed E-state index contributed by atoms with van der Waals surface area (Å²) in [4.78, 5) is 0. The molecule has 2 nitrogen and oxygen atoms in total. The van der Waals surface area contributed by atoms with Crippen LogP contribution in [-0.4, -0.2) is 12.7 Å². The van der Waals surface area contributed by atoms with Gasteiger partial charge in [0.2, 0.25) is 0 Å². The SMILES string of the molecule is NC(CCCC1CCCO1)c1ccccc1F. The van der Waals surface area contributed by atoms with Crippen molar-refractivity contribution >= 4 is 0 Å². The van der Waals surface area contributed by atoms with Gasteiger partial charge < -0.3 is 10.5 Å². The molecule has 2 unspecified atom stereocenters. The normalized spacial score (nSPS) is 21.6. The van der Waals surface area contributed by atoms with Crippen LogP contribution in [0.3, 0.4) is 0 Å². The van der Waals surface area contributed by atoms with Gasteiger partial charge in [0.05, 0.1) is 6.10 Å². The summed E-state index contributed by atoms with van der Waals surface area (Å²) in [5, 5.41) is 0. The maximum atomic E-state index is 13.5. The van der Waals surface area contributed by atoms with Gasteiger partial charge in [0.25, 0.3) is 0 Å². The van der Waals surface area contributed by atoms with Crippen molar-refractivity contribution in [2.45, 2.75) is 44.2 Å². The zero-order chi connectivity index (χ0) is 12.1. The quantitative estimate of drug-likeness (QED) is 0.853. The first kappa shape index (κ1) is 12.5. The molecule has 2 N–H and O–H groups in total. The third-order valence-electron chi connectivity index (χ3n) is 3.37. The maximum Gasteiger partial charge on any atom is 0.127 e. The molecule has 1 heterocycles. The molecule has 1 aromatic carbocycles. The molecule has 0 amide bonds. The molecule has 1 saturated heterocycles. The molecule has 0 saturated carbocycles. The minimum atomic E-state index is -0.197. The first-order valence-electron chi connectivity index (χ1n) is 6.39. The molecule has 1 fully saturated rings. The number of benzene rings is 1. The highest BCUT2D eigenvalue weighted by atomic mass is 19.1. The van der Waals surface area contributed by atoms with Crippen molar-refractivity contribution < 1.29 is 9.13 Å². The Bertz CT molecular complexity index is 350. The highest BCUT2D eigenvalue weighted by Crippen LogP contribution is 2.23. The highest BCUT2D eigenvalue weighted by Gasteiger charge is 2.16.